The summed E-state index contributed by atoms with van der Waals surface area (Å²) in [6.45, 7) is 0.233. The van der Waals surface area contributed by atoms with E-state index >= 15 is 0 Å². The molecule has 1 aliphatic heterocycles. The van der Waals surface area contributed by atoms with Gasteiger partial charge in [-0.15, -0.1) is 0 Å². The summed E-state index contributed by atoms with van der Waals surface area (Å²) in [5.41, 5.74) is 0. The maximum atomic E-state index is 10.5. The lowest BCUT2D eigenvalue weighted by molar-refractivity contribution is 0.0891. The van der Waals surface area contributed by atoms with Gasteiger partial charge in [0.15, 0.2) is 6.61 Å². The van der Waals surface area contributed by atoms with Crippen LogP contribution in [0.1, 0.15) is 6.23 Å². The lowest BCUT2D eigenvalue weighted by Crippen LogP contribution is -2.10. The van der Waals surface area contributed by atoms with Crippen LogP contribution in [-0.4, -0.2) is 22.5 Å². The molecule has 5 nitrogen and oxygen atoms in total. The summed E-state index contributed by atoms with van der Waals surface area (Å²) in [6, 6.07) is 0. The number of hydrogen-bond donors (Lipinski definition) is 0. The molecule has 1 aromatic heterocycles. The van der Waals surface area contributed by atoms with Gasteiger partial charge in [-0.3, -0.25) is 0 Å². The summed E-state index contributed by atoms with van der Waals surface area (Å²) < 4.78 is 12.0. The first kappa shape index (κ1) is 7.84. The van der Waals surface area contributed by atoms with Crippen molar-refractivity contribution >= 4 is 28.7 Å². The highest BCUT2D eigenvalue weighted by Crippen LogP contribution is 2.17. The molecule has 1 aliphatic rings. The quantitative estimate of drug-likeness (QED) is 0.572. The van der Waals surface area contributed by atoms with Crippen LogP contribution in [0.4, 0.5) is 4.79 Å². The smallest absolute Gasteiger partial charge is 0.428 e. The van der Waals surface area contributed by atoms with Crippen molar-refractivity contribution in [3.05, 3.63) is 16.0 Å². The maximum absolute atomic E-state index is 10.5. The number of ether oxygens (including phenoxy) is 2. The highest BCUT2D eigenvalue weighted by atomic mass is 127. The third-order valence-corrected chi connectivity index (χ3v) is 2.00. The molecule has 0 radical (unpaired) electrons. The summed E-state index contributed by atoms with van der Waals surface area (Å²) in [5, 5.41) is 3.98. The highest BCUT2D eigenvalue weighted by Gasteiger charge is 2.26. The Balaban J connectivity index is 2.15. The molecule has 12 heavy (non-hydrogen) atoms. The number of halogens is 1. The molecule has 1 atom stereocenters. The molecule has 1 saturated heterocycles. The SMILES string of the molecule is O=C1OCC(n2cc(I)cn2)O1. The van der Waals surface area contributed by atoms with E-state index in [-0.39, 0.29) is 6.61 Å². The van der Waals surface area contributed by atoms with E-state index in [9.17, 15) is 4.79 Å². The Morgan fingerprint density at radius 1 is 1.75 bits per heavy atom. The number of cyclic esters (lactones) is 2. The summed E-state index contributed by atoms with van der Waals surface area (Å²) in [5.74, 6) is 0. The predicted octanol–water partition coefficient (Wildman–Crippen LogP) is 1.15. The minimum absolute atomic E-state index is 0.233. The van der Waals surface area contributed by atoms with Gasteiger partial charge in [0.2, 0.25) is 6.23 Å². The Morgan fingerprint density at radius 2 is 2.58 bits per heavy atom. The van der Waals surface area contributed by atoms with Crippen molar-refractivity contribution in [1.29, 1.82) is 0 Å². The van der Waals surface area contributed by atoms with Gasteiger partial charge >= 0.3 is 6.16 Å². The number of carbonyl (C=O) groups is 1. The molecule has 2 heterocycles. The Morgan fingerprint density at radius 3 is 3.08 bits per heavy atom. The molecular weight excluding hydrogens is 275 g/mol. The first-order chi connectivity index (χ1) is 5.75. The Hall–Kier alpha value is -0.790. The number of carbonyl (C=O) groups excluding carboxylic acids is 1. The summed E-state index contributed by atoms with van der Waals surface area (Å²) in [4.78, 5) is 10.5. The molecule has 0 aliphatic carbocycles. The Kier molecular flexibility index (Phi) is 1.91. The zero-order valence-corrected chi connectivity index (χ0v) is 8.09. The molecule has 0 saturated carbocycles. The van der Waals surface area contributed by atoms with Crippen molar-refractivity contribution in [3.8, 4) is 0 Å². The van der Waals surface area contributed by atoms with Crippen molar-refractivity contribution < 1.29 is 14.3 Å². The van der Waals surface area contributed by atoms with Gasteiger partial charge in [-0.25, -0.2) is 9.48 Å². The molecule has 0 aromatic carbocycles. The standard InChI is InChI=1S/C6H5IN2O3/c7-4-1-8-9(2-4)5-3-11-6(10)12-5/h1-2,5H,3H2. The topological polar surface area (TPSA) is 53.4 Å². The van der Waals surface area contributed by atoms with Crippen LogP contribution in [0.25, 0.3) is 0 Å². The fourth-order valence-corrected chi connectivity index (χ4v) is 1.33. The second kappa shape index (κ2) is 2.92. The van der Waals surface area contributed by atoms with Gasteiger partial charge in [-0.05, 0) is 22.6 Å². The summed E-state index contributed by atoms with van der Waals surface area (Å²) in [6.07, 6.45) is 2.44. The number of aromatic nitrogens is 2. The van der Waals surface area contributed by atoms with Gasteiger partial charge < -0.3 is 9.47 Å². The first-order valence-corrected chi connectivity index (χ1v) is 4.36. The van der Waals surface area contributed by atoms with Crippen LogP contribution in [-0.2, 0) is 9.47 Å². The number of rotatable bonds is 1. The zero-order chi connectivity index (χ0) is 8.55. The molecule has 0 spiro atoms. The molecule has 64 valence electrons. The van der Waals surface area contributed by atoms with Crippen LogP contribution < -0.4 is 0 Å². The fourth-order valence-electron chi connectivity index (χ4n) is 0.921. The molecule has 0 amide bonds. The Labute approximate surface area is 81.8 Å². The predicted molar refractivity (Wildman–Crippen MR) is 46.4 cm³/mol. The van der Waals surface area contributed by atoms with E-state index in [0.717, 1.165) is 3.57 Å². The fraction of sp³-hybridized carbons (Fsp3) is 0.333. The van der Waals surface area contributed by atoms with E-state index in [1.54, 1.807) is 17.1 Å². The van der Waals surface area contributed by atoms with E-state index in [2.05, 4.69) is 32.4 Å². The second-order valence-corrected chi connectivity index (χ2v) is 3.52. The monoisotopic (exact) mass is 280 g/mol. The summed E-state index contributed by atoms with van der Waals surface area (Å²) >= 11 is 2.13. The Bertz CT molecular complexity index is 311. The zero-order valence-electron chi connectivity index (χ0n) is 5.94. The third-order valence-electron chi connectivity index (χ3n) is 1.44. The van der Waals surface area contributed by atoms with Gasteiger partial charge in [-0.1, -0.05) is 0 Å². The van der Waals surface area contributed by atoms with Crippen molar-refractivity contribution in [2.45, 2.75) is 6.23 Å². The van der Waals surface area contributed by atoms with E-state index in [0.29, 0.717) is 0 Å². The van der Waals surface area contributed by atoms with Crippen LogP contribution in [0.15, 0.2) is 12.4 Å². The van der Waals surface area contributed by atoms with Crippen LogP contribution in [0.5, 0.6) is 0 Å². The minimum Gasteiger partial charge on any atom is -0.428 e. The van der Waals surface area contributed by atoms with E-state index < -0.39 is 12.4 Å². The average molecular weight is 280 g/mol. The molecular formula is C6H5IN2O3. The first-order valence-electron chi connectivity index (χ1n) is 3.29. The molecule has 0 N–H and O–H groups in total. The molecule has 1 aromatic rings. The van der Waals surface area contributed by atoms with Crippen LogP contribution in [0.2, 0.25) is 0 Å². The van der Waals surface area contributed by atoms with Crippen molar-refractivity contribution in [1.82, 2.24) is 9.78 Å². The van der Waals surface area contributed by atoms with Gasteiger partial charge in [0.1, 0.15) is 0 Å². The second-order valence-electron chi connectivity index (χ2n) is 2.27. The van der Waals surface area contributed by atoms with Crippen molar-refractivity contribution in [2.75, 3.05) is 6.61 Å². The van der Waals surface area contributed by atoms with E-state index in [1.807, 2.05) is 0 Å². The molecule has 1 fully saturated rings. The highest BCUT2D eigenvalue weighted by molar-refractivity contribution is 14.1. The van der Waals surface area contributed by atoms with Gasteiger partial charge in [0, 0.05) is 6.20 Å². The van der Waals surface area contributed by atoms with E-state index in [1.165, 1.54) is 0 Å². The molecule has 0 bridgehead atoms. The van der Waals surface area contributed by atoms with Crippen LogP contribution in [0, 0.1) is 3.57 Å². The molecule has 6 heteroatoms. The summed E-state index contributed by atoms with van der Waals surface area (Å²) in [7, 11) is 0. The average Bonchev–Trinajstić information content (AvgIpc) is 2.58. The van der Waals surface area contributed by atoms with Crippen LogP contribution in [0.3, 0.4) is 0 Å². The minimum atomic E-state index is -0.634. The number of nitrogens with zero attached hydrogens (tertiary/aromatic N) is 2. The largest absolute Gasteiger partial charge is 0.510 e. The van der Waals surface area contributed by atoms with Crippen LogP contribution >= 0.6 is 22.6 Å². The van der Waals surface area contributed by atoms with Crippen molar-refractivity contribution in [2.24, 2.45) is 0 Å². The van der Waals surface area contributed by atoms with Gasteiger partial charge in [-0.2, -0.15) is 5.10 Å². The van der Waals surface area contributed by atoms with E-state index in [4.69, 9.17) is 4.74 Å². The number of hydrogen-bond acceptors (Lipinski definition) is 4. The maximum Gasteiger partial charge on any atom is 0.510 e. The lowest BCUT2D eigenvalue weighted by atomic mass is 10.6. The third kappa shape index (κ3) is 1.38. The van der Waals surface area contributed by atoms with Crippen molar-refractivity contribution in [3.63, 3.8) is 0 Å². The lowest BCUT2D eigenvalue weighted by Gasteiger charge is -2.04. The molecule has 1 unspecified atom stereocenters. The van der Waals surface area contributed by atoms with Gasteiger partial charge in [0.05, 0.1) is 9.77 Å². The normalized spacial score (nSPS) is 22.1. The van der Waals surface area contributed by atoms with Gasteiger partial charge in [0.25, 0.3) is 0 Å². The molecule has 2 rings (SSSR count).